The zero-order valence-corrected chi connectivity index (χ0v) is 13.6. The summed E-state index contributed by atoms with van der Waals surface area (Å²) in [6.45, 7) is 4.76. The maximum absolute atomic E-state index is 12.1. The molecule has 1 N–H and O–H groups in total. The summed E-state index contributed by atoms with van der Waals surface area (Å²) in [6, 6.07) is 6.74. The van der Waals surface area contributed by atoms with Gasteiger partial charge >= 0.3 is 0 Å². The fraction of sp³-hybridized carbons (Fsp3) is 0.571. The lowest BCUT2D eigenvalue weighted by Crippen LogP contribution is -2.45. The molecule has 6 nitrogen and oxygen atoms in total. The molecule has 1 heterocycles. The van der Waals surface area contributed by atoms with Gasteiger partial charge in [-0.1, -0.05) is 6.07 Å². The van der Waals surface area contributed by atoms with Gasteiger partial charge in [-0.2, -0.15) is 0 Å². The van der Waals surface area contributed by atoms with Gasteiger partial charge in [-0.15, -0.1) is 0 Å². The maximum Gasteiger partial charge on any atom is 0.242 e. The largest absolute Gasteiger partial charge is 0.378 e. The van der Waals surface area contributed by atoms with E-state index < -0.39 is 15.8 Å². The van der Waals surface area contributed by atoms with Crippen molar-refractivity contribution in [3.63, 3.8) is 0 Å². The number of ether oxygens (including phenoxy) is 2. The predicted molar refractivity (Wildman–Crippen MR) is 80.7 cm³/mol. The van der Waals surface area contributed by atoms with Crippen LogP contribution in [0.15, 0.2) is 29.2 Å². The van der Waals surface area contributed by atoms with Crippen molar-refractivity contribution in [1.29, 1.82) is 0 Å². The summed E-state index contributed by atoms with van der Waals surface area (Å²) in [7, 11) is -0.400. The average molecular weight is 314 g/mol. The first-order valence-corrected chi connectivity index (χ1v) is 8.22. The molecule has 21 heavy (non-hydrogen) atoms. The van der Waals surface area contributed by atoms with E-state index in [1.54, 1.807) is 18.2 Å². The van der Waals surface area contributed by atoms with Crippen LogP contribution in [0.2, 0.25) is 0 Å². The molecule has 0 amide bonds. The van der Waals surface area contributed by atoms with Crippen molar-refractivity contribution in [3.05, 3.63) is 24.3 Å². The third kappa shape index (κ3) is 3.94. The summed E-state index contributed by atoms with van der Waals surface area (Å²) in [4.78, 5) is 0.260. The van der Waals surface area contributed by atoms with Gasteiger partial charge in [-0.25, -0.2) is 12.7 Å². The second-order valence-electron chi connectivity index (χ2n) is 5.68. The Labute approximate surface area is 126 Å². The van der Waals surface area contributed by atoms with E-state index in [2.05, 4.69) is 5.32 Å². The molecule has 118 valence electrons. The van der Waals surface area contributed by atoms with Gasteiger partial charge in [0.25, 0.3) is 0 Å². The summed E-state index contributed by atoms with van der Waals surface area (Å²) in [6.07, 6.45) is 0. The first-order valence-electron chi connectivity index (χ1n) is 6.78. The molecule has 1 aliphatic heterocycles. The molecular weight excluding hydrogens is 292 g/mol. The van der Waals surface area contributed by atoms with Crippen molar-refractivity contribution in [3.8, 4) is 0 Å². The smallest absolute Gasteiger partial charge is 0.242 e. The Hall–Kier alpha value is -1.15. The fourth-order valence-electron chi connectivity index (χ4n) is 1.97. The Bertz CT molecular complexity index is 589. The number of nitrogens with one attached hydrogen (secondary N) is 1. The minimum atomic E-state index is -3.43. The van der Waals surface area contributed by atoms with Gasteiger partial charge in [0, 0.05) is 19.8 Å². The number of nitrogens with zero attached hydrogens (tertiary/aromatic N) is 1. The van der Waals surface area contributed by atoms with Gasteiger partial charge in [0.1, 0.15) is 0 Å². The quantitative estimate of drug-likeness (QED) is 0.912. The molecule has 1 saturated heterocycles. The normalized spacial score (nSPS) is 19.7. The molecular formula is C14H22N2O4S. The lowest BCUT2D eigenvalue weighted by atomic mass is 10.2. The number of hydrogen-bond donors (Lipinski definition) is 1. The van der Waals surface area contributed by atoms with Crippen LogP contribution in [0.5, 0.6) is 0 Å². The van der Waals surface area contributed by atoms with E-state index in [9.17, 15) is 8.42 Å². The molecule has 1 aromatic rings. The Morgan fingerprint density at radius 1 is 1.24 bits per heavy atom. The Morgan fingerprint density at radius 2 is 1.86 bits per heavy atom. The molecule has 7 heteroatoms. The number of sulfonamides is 1. The van der Waals surface area contributed by atoms with Gasteiger partial charge in [-0.05, 0) is 32.0 Å². The molecule has 1 fully saturated rings. The summed E-state index contributed by atoms with van der Waals surface area (Å²) in [5.41, 5.74) is 0.731. The number of rotatable bonds is 4. The third-order valence-electron chi connectivity index (χ3n) is 3.25. The van der Waals surface area contributed by atoms with Gasteiger partial charge in [-0.3, -0.25) is 0 Å². The standard InChI is InChI=1S/C14H22N2O4S/c1-14(2)19-9-12(10-20-14)15-11-6-5-7-13(8-11)21(17,18)16(3)4/h5-8,12,15H,9-10H2,1-4H3. The fourth-order valence-corrected chi connectivity index (χ4v) is 2.92. The highest BCUT2D eigenvalue weighted by atomic mass is 32.2. The van der Waals surface area contributed by atoms with Crippen molar-refractivity contribution >= 4 is 15.7 Å². The first kappa shape index (κ1) is 16.2. The van der Waals surface area contributed by atoms with Crippen LogP contribution < -0.4 is 5.32 Å². The van der Waals surface area contributed by atoms with E-state index >= 15 is 0 Å². The third-order valence-corrected chi connectivity index (χ3v) is 5.06. The monoisotopic (exact) mass is 314 g/mol. The molecule has 0 unspecified atom stereocenters. The zero-order valence-electron chi connectivity index (χ0n) is 12.8. The molecule has 0 bridgehead atoms. The molecule has 0 aliphatic carbocycles. The Kier molecular flexibility index (Phi) is 4.57. The van der Waals surface area contributed by atoms with E-state index in [1.165, 1.54) is 18.4 Å². The van der Waals surface area contributed by atoms with Crippen molar-refractivity contribution in [2.75, 3.05) is 32.6 Å². The van der Waals surface area contributed by atoms with Crippen LogP contribution in [0.25, 0.3) is 0 Å². The minimum absolute atomic E-state index is 0.00432. The van der Waals surface area contributed by atoms with Crippen molar-refractivity contribution < 1.29 is 17.9 Å². The van der Waals surface area contributed by atoms with Crippen molar-refractivity contribution in [1.82, 2.24) is 4.31 Å². The zero-order chi connectivity index (χ0) is 15.7. The summed E-state index contributed by atoms with van der Waals surface area (Å²) < 4.78 is 36.6. The second-order valence-corrected chi connectivity index (χ2v) is 7.83. The summed E-state index contributed by atoms with van der Waals surface area (Å²) in [5, 5.41) is 3.24. The highest BCUT2D eigenvalue weighted by Crippen LogP contribution is 2.22. The van der Waals surface area contributed by atoms with Crippen LogP contribution in [0.1, 0.15) is 13.8 Å². The SMILES string of the molecule is CN(C)S(=O)(=O)c1cccc(NC2COC(C)(C)OC2)c1. The van der Waals surface area contributed by atoms with E-state index in [0.717, 1.165) is 5.69 Å². The second kappa shape index (κ2) is 5.92. The van der Waals surface area contributed by atoms with Crippen LogP contribution in [0.4, 0.5) is 5.69 Å². The molecule has 2 rings (SSSR count). The molecule has 1 aromatic carbocycles. The van der Waals surface area contributed by atoms with Crippen LogP contribution in [-0.2, 0) is 19.5 Å². The first-order chi connectivity index (χ1) is 9.71. The van der Waals surface area contributed by atoms with Gasteiger partial charge in [0.05, 0.1) is 24.2 Å². The lowest BCUT2D eigenvalue weighted by molar-refractivity contribution is -0.247. The van der Waals surface area contributed by atoms with Gasteiger partial charge < -0.3 is 14.8 Å². The van der Waals surface area contributed by atoms with E-state index in [1.807, 2.05) is 19.9 Å². The Morgan fingerprint density at radius 3 is 2.43 bits per heavy atom. The average Bonchev–Trinajstić information content (AvgIpc) is 2.41. The van der Waals surface area contributed by atoms with E-state index in [-0.39, 0.29) is 10.9 Å². The van der Waals surface area contributed by atoms with Crippen LogP contribution >= 0.6 is 0 Å². The molecule has 0 atom stereocenters. The van der Waals surface area contributed by atoms with Gasteiger partial charge in [0.2, 0.25) is 10.0 Å². The molecule has 0 spiro atoms. The highest BCUT2D eigenvalue weighted by Gasteiger charge is 2.28. The molecule has 1 aliphatic rings. The van der Waals surface area contributed by atoms with E-state index in [4.69, 9.17) is 9.47 Å². The molecule has 0 radical (unpaired) electrons. The topological polar surface area (TPSA) is 67.9 Å². The number of hydrogen-bond acceptors (Lipinski definition) is 5. The Balaban J connectivity index is 2.09. The number of anilines is 1. The van der Waals surface area contributed by atoms with E-state index in [0.29, 0.717) is 13.2 Å². The minimum Gasteiger partial charge on any atom is -0.378 e. The summed E-state index contributed by atoms with van der Waals surface area (Å²) in [5.74, 6) is -0.561. The summed E-state index contributed by atoms with van der Waals surface area (Å²) >= 11 is 0. The highest BCUT2D eigenvalue weighted by molar-refractivity contribution is 7.89. The van der Waals surface area contributed by atoms with Crippen LogP contribution in [0.3, 0.4) is 0 Å². The van der Waals surface area contributed by atoms with Gasteiger partial charge in [0.15, 0.2) is 5.79 Å². The molecule has 0 saturated carbocycles. The van der Waals surface area contributed by atoms with Crippen molar-refractivity contribution in [2.45, 2.75) is 30.6 Å². The van der Waals surface area contributed by atoms with Crippen LogP contribution in [-0.4, -0.2) is 51.9 Å². The lowest BCUT2D eigenvalue weighted by Gasteiger charge is -2.35. The van der Waals surface area contributed by atoms with Crippen molar-refractivity contribution in [2.24, 2.45) is 0 Å². The predicted octanol–water partition coefficient (Wildman–Crippen LogP) is 1.50. The maximum atomic E-state index is 12.1. The molecule has 0 aromatic heterocycles. The van der Waals surface area contributed by atoms with Crippen LogP contribution in [0, 0.1) is 0 Å². The number of benzene rings is 1.